The summed E-state index contributed by atoms with van der Waals surface area (Å²) in [6.07, 6.45) is 0. The van der Waals surface area contributed by atoms with E-state index in [1.165, 1.54) is 0 Å². The summed E-state index contributed by atoms with van der Waals surface area (Å²) in [6, 6.07) is 83.3. The Morgan fingerprint density at radius 3 is 0.963 bits per heavy atom. The van der Waals surface area contributed by atoms with E-state index in [9.17, 15) is 10.2 Å². The Hall–Kier alpha value is -8.30. The van der Waals surface area contributed by atoms with Gasteiger partial charge in [0.15, 0.2) is 0 Å². The molecule has 0 atom stereocenters. The molecule has 0 saturated carbocycles. The van der Waals surface area contributed by atoms with Crippen LogP contribution in [0.3, 0.4) is 0 Å². The summed E-state index contributed by atoms with van der Waals surface area (Å²) >= 11 is 3.55. The molecule has 4 N–H and O–H groups in total. The van der Waals surface area contributed by atoms with Crippen molar-refractivity contribution in [3.8, 4) is 34.1 Å². The zero-order chi connectivity index (χ0) is 57.7. The van der Waals surface area contributed by atoms with Crippen LogP contribution >= 0.6 is 15.9 Å². The SMILES string of the molecule is COc1ccc(C(OCc2cc(Br)cc(CO)c2)(c2ccccc2)c2ccc(OC)cc2)cc1.COc1ccc(C(OCc2cc(CO)cc(-c3ccccc3)c2)(c2ccccc2)c2ccc(OC)cc2)cc1.OB(O)c1ccccc1. The molecule has 0 bridgehead atoms. The third kappa shape index (κ3) is 14.8. The lowest BCUT2D eigenvalue weighted by molar-refractivity contribution is 0.0000603. The first-order chi connectivity index (χ1) is 40.0. The summed E-state index contributed by atoms with van der Waals surface area (Å²) in [5, 5.41) is 36.9. The minimum atomic E-state index is -1.34. The molecule has 0 fully saturated rings. The van der Waals surface area contributed by atoms with Gasteiger partial charge in [0.2, 0.25) is 0 Å². The highest BCUT2D eigenvalue weighted by atomic mass is 79.9. The van der Waals surface area contributed by atoms with Crippen LogP contribution in [0.5, 0.6) is 23.0 Å². The fourth-order valence-electron chi connectivity index (χ4n) is 9.78. The molecule has 0 heterocycles. The molecule has 12 heteroatoms. The molecule has 10 nitrogen and oxygen atoms in total. The Labute approximate surface area is 489 Å². The molecule has 0 aliphatic heterocycles. The van der Waals surface area contributed by atoms with E-state index in [1.807, 2.05) is 164 Å². The van der Waals surface area contributed by atoms with Gasteiger partial charge in [-0.1, -0.05) is 198 Å². The molecule has 0 amide bonds. The molecular weight excluding hydrogens is 1090 g/mol. The van der Waals surface area contributed by atoms with E-state index < -0.39 is 18.3 Å². The highest BCUT2D eigenvalue weighted by Crippen LogP contribution is 2.44. The maximum Gasteiger partial charge on any atom is 0.488 e. The van der Waals surface area contributed by atoms with Crippen LogP contribution in [0, 0.1) is 0 Å². The summed E-state index contributed by atoms with van der Waals surface area (Å²) in [5.74, 6) is 3.11. The Balaban J connectivity index is 0.000000187. The van der Waals surface area contributed by atoms with Crippen molar-refractivity contribution in [2.75, 3.05) is 28.4 Å². The molecule has 0 aromatic heterocycles. The topological polar surface area (TPSA) is 136 Å². The van der Waals surface area contributed by atoms with Crippen LogP contribution in [0.25, 0.3) is 11.1 Å². The van der Waals surface area contributed by atoms with Crippen molar-refractivity contribution in [3.63, 3.8) is 0 Å². The lowest BCUT2D eigenvalue weighted by Crippen LogP contribution is -2.32. The number of hydrogen-bond acceptors (Lipinski definition) is 10. The monoisotopic (exact) mass is 1160 g/mol. The van der Waals surface area contributed by atoms with Crippen LogP contribution in [0.15, 0.2) is 259 Å². The summed E-state index contributed by atoms with van der Waals surface area (Å²) in [7, 11) is 5.30. The maximum absolute atomic E-state index is 10.0. The van der Waals surface area contributed by atoms with Crippen molar-refractivity contribution >= 4 is 28.5 Å². The molecule has 0 saturated heterocycles. The summed E-state index contributed by atoms with van der Waals surface area (Å²) < 4.78 is 36.6. The minimum absolute atomic E-state index is 0.0345. The fraction of sp³-hybridized carbons (Fsp3) is 0.143. The predicted molar refractivity (Wildman–Crippen MR) is 328 cm³/mol. The molecule has 0 spiro atoms. The number of halogens is 1. The van der Waals surface area contributed by atoms with Gasteiger partial charge in [0, 0.05) is 4.47 Å². The van der Waals surface area contributed by atoms with E-state index in [1.54, 1.807) is 52.7 Å². The highest BCUT2D eigenvalue weighted by molar-refractivity contribution is 9.10. The van der Waals surface area contributed by atoms with Crippen LogP contribution in [0.1, 0.15) is 55.6 Å². The predicted octanol–water partition coefficient (Wildman–Crippen LogP) is 13.2. The lowest BCUT2D eigenvalue weighted by atomic mass is 9.80. The molecule has 0 aliphatic rings. The quantitative estimate of drug-likeness (QED) is 0.0431. The molecular formula is C70H66BBrO10. The van der Waals surface area contributed by atoms with Gasteiger partial charge in [-0.05, 0) is 145 Å². The maximum atomic E-state index is 10.0. The minimum Gasteiger partial charge on any atom is -0.497 e. The molecule has 0 unspecified atom stereocenters. The van der Waals surface area contributed by atoms with Crippen LogP contribution in [0.4, 0.5) is 0 Å². The third-order valence-corrected chi connectivity index (χ3v) is 14.4. The normalized spacial score (nSPS) is 11.0. The average Bonchev–Trinajstić information content (AvgIpc) is 3.06. The molecule has 416 valence electrons. The number of hydrogen-bond donors (Lipinski definition) is 4. The number of rotatable bonds is 20. The van der Waals surface area contributed by atoms with Gasteiger partial charge in [0.1, 0.15) is 34.2 Å². The van der Waals surface area contributed by atoms with Crippen LogP contribution in [0.2, 0.25) is 0 Å². The number of ether oxygens (including phenoxy) is 6. The molecule has 10 aromatic carbocycles. The van der Waals surface area contributed by atoms with Crippen molar-refractivity contribution in [2.24, 2.45) is 0 Å². The fourth-order valence-corrected chi connectivity index (χ4v) is 10.4. The van der Waals surface area contributed by atoms with Gasteiger partial charge >= 0.3 is 7.12 Å². The first kappa shape index (κ1) is 59.8. The zero-order valence-electron chi connectivity index (χ0n) is 46.3. The number of aliphatic hydroxyl groups is 2. The van der Waals surface area contributed by atoms with Crippen LogP contribution in [-0.4, -0.2) is 55.8 Å². The van der Waals surface area contributed by atoms with Gasteiger partial charge in [0.05, 0.1) is 54.9 Å². The average molecular weight is 1160 g/mol. The second kappa shape index (κ2) is 29.4. The molecule has 0 radical (unpaired) electrons. The smallest absolute Gasteiger partial charge is 0.488 e. The number of aliphatic hydroxyl groups excluding tert-OH is 2. The van der Waals surface area contributed by atoms with Gasteiger partial charge in [-0.25, -0.2) is 0 Å². The van der Waals surface area contributed by atoms with Gasteiger partial charge in [-0.15, -0.1) is 0 Å². The molecule has 0 aliphatic carbocycles. The molecule has 82 heavy (non-hydrogen) atoms. The van der Waals surface area contributed by atoms with E-state index in [0.29, 0.717) is 18.7 Å². The first-order valence-electron chi connectivity index (χ1n) is 26.6. The van der Waals surface area contributed by atoms with E-state index in [-0.39, 0.29) is 13.2 Å². The number of methoxy groups -OCH3 is 4. The summed E-state index contributed by atoms with van der Waals surface area (Å²) in [4.78, 5) is 0. The van der Waals surface area contributed by atoms with Crippen molar-refractivity contribution < 1.29 is 48.7 Å². The summed E-state index contributed by atoms with van der Waals surface area (Å²) in [5.41, 5.74) is 10.4. The zero-order valence-corrected chi connectivity index (χ0v) is 47.9. The van der Waals surface area contributed by atoms with Gasteiger partial charge in [-0.3, -0.25) is 0 Å². The second-order valence-electron chi connectivity index (χ2n) is 19.1. The van der Waals surface area contributed by atoms with Crippen LogP contribution < -0.4 is 24.4 Å². The van der Waals surface area contributed by atoms with Crippen molar-refractivity contribution in [1.29, 1.82) is 0 Å². The van der Waals surface area contributed by atoms with Crippen molar-refractivity contribution in [2.45, 2.75) is 37.6 Å². The van der Waals surface area contributed by atoms with E-state index >= 15 is 0 Å². The largest absolute Gasteiger partial charge is 0.497 e. The van der Waals surface area contributed by atoms with Crippen molar-refractivity contribution in [1.82, 2.24) is 0 Å². The Bertz CT molecular complexity index is 3400. The Morgan fingerprint density at radius 1 is 0.341 bits per heavy atom. The third-order valence-electron chi connectivity index (χ3n) is 13.9. The second-order valence-corrected chi connectivity index (χ2v) is 20.0. The van der Waals surface area contributed by atoms with Gasteiger partial charge in [-0.2, -0.15) is 0 Å². The highest BCUT2D eigenvalue weighted by Gasteiger charge is 2.39. The van der Waals surface area contributed by atoms with Gasteiger partial charge < -0.3 is 48.7 Å². The lowest BCUT2D eigenvalue weighted by Gasteiger charge is -2.36. The molecule has 10 rings (SSSR count). The van der Waals surface area contributed by atoms with E-state index in [2.05, 4.69) is 82.7 Å². The van der Waals surface area contributed by atoms with Crippen LogP contribution in [-0.2, 0) is 47.1 Å². The van der Waals surface area contributed by atoms with Crippen molar-refractivity contribution in [3.05, 3.63) is 315 Å². The summed E-state index contributed by atoms with van der Waals surface area (Å²) in [6.45, 7) is 0.571. The standard InChI is InChI=1S/C35H32O4.C29H27BrO4.C6H7BO2/c1-37-33-17-13-31(14-18-33)35(30-11-7-4-8-12-30,32-15-19-34(38-2)20-16-32)39-25-27-21-26(24-36)22-29(23-27)28-9-5-3-6-10-28;1-32-27-12-8-24(9-13-27)29(23-6-4-3-5-7-23,25-10-14-28(33-2)15-11-25)34-20-22-16-21(19-31)17-26(30)18-22;8-7(9)6-4-2-1-3-5-6/h3-23,36H,24-25H2,1-2H3;3-18,31H,19-20H2,1-2H3;1-5,8-9H. The Morgan fingerprint density at radius 2 is 0.634 bits per heavy atom. The molecule has 10 aromatic rings. The van der Waals surface area contributed by atoms with E-state index in [0.717, 1.165) is 94.2 Å². The van der Waals surface area contributed by atoms with Gasteiger partial charge in [0.25, 0.3) is 0 Å². The number of benzene rings is 10. The first-order valence-corrected chi connectivity index (χ1v) is 27.4. The van der Waals surface area contributed by atoms with E-state index in [4.69, 9.17) is 38.5 Å². The Kier molecular flexibility index (Phi) is 21.5.